The molecule has 3 rings (SSSR count). The van der Waals surface area contributed by atoms with Gasteiger partial charge in [0.2, 0.25) is 5.91 Å². The fraction of sp³-hybridized carbons (Fsp3) is 0.381. The van der Waals surface area contributed by atoms with Crippen molar-refractivity contribution in [3.8, 4) is 5.75 Å². The minimum atomic E-state index is -1.82. The van der Waals surface area contributed by atoms with Gasteiger partial charge in [-0.05, 0) is 44.0 Å². The lowest BCUT2D eigenvalue weighted by Crippen LogP contribution is -2.36. The Hall–Kier alpha value is -3.73. The predicted molar refractivity (Wildman–Crippen MR) is 114 cm³/mol. The third kappa shape index (κ3) is 8.19. The van der Waals surface area contributed by atoms with Crippen LogP contribution in [0.4, 0.5) is 5.69 Å². The summed E-state index contributed by atoms with van der Waals surface area (Å²) in [7, 11) is 0. The van der Waals surface area contributed by atoms with Crippen LogP contribution in [0.15, 0.2) is 41.5 Å². The lowest BCUT2D eigenvalue weighted by molar-refractivity contribution is -0.159. The number of aromatic nitrogens is 2. The molecule has 0 radical (unpaired) electrons. The van der Waals surface area contributed by atoms with Crippen LogP contribution in [0.1, 0.15) is 25.5 Å². The van der Waals surface area contributed by atoms with E-state index in [0.717, 1.165) is 25.9 Å². The van der Waals surface area contributed by atoms with Gasteiger partial charge in [0.1, 0.15) is 11.4 Å². The van der Waals surface area contributed by atoms with E-state index < -0.39 is 11.9 Å². The maximum Gasteiger partial charge on any atom is 0.414 e. The Balaban J connectivity index is 0.000000534. The number of ether oxygens (including phenoxy) is 1. The van der Waals surface area contributed by atoms with E-state index in [4.69, 9.17) is 24.5 Å². The molecule has 2 heterocycles. The summed E-state index contributed by atoms with van der Waals surface area (Å²) in [5, 5.41) is 17.6. The van der Waals surface area contributed by atoms with Gasteiger partial charge in [0.15, 0.2) is 0 Å². The van der Waals surface area contributed by atoms with Crippen molar-refractivity contribution in [1.29, 1.82) is 0 Å². The second kappa shape index (κ2) is 12.2. The first-order valence-corrected chi connectivity index (χ1v) is 9.96. The standard InChI is InChI=1S/C19H24N4O3.C2H2O4/c1-14(24)22-16-4-2-3-5-18(16)26-13-15-6-10-23(11-7-15)12-17-19(25)21-9-8-20-17;3-1(4)2(5)6/h2-5,8-9,15H,6-7,10-13H2,1H3,(H,21,25)(H,22,24);(H,3,4)(H,5,6). The molecule has 0 unspecified atom stereocenters. The van der Waals surface area contributed by atoms with Gasteiger partial charge in [-0.2, -0.15) is 0 Å². The first-order chi connectivity index (χ1) is 15.3. The van der Waals surface area contributed by atoms with Gasteiger partial charge in [0.05, 0.1) is 12.3 Å². The maximum absolute atomic E-state index is 11.7. The zero-order valence-corrected chi connectivity index (χ0v) is 17.6. The summed E-state index contributed by atoms with van der Waals surface area (Å²) in [5.74, 6) is -2.60. The molecule has 0 bridgehead atoms. The summed E-state index contributed by atoms with van der Waals surface area (Å²) in [6, 6.07) is 7.47. The molecule has 1 saturated heterocycles. The number of benzene rings is 1. The van der Waals surface area contributed by atoms with E-state index in [1.807, 2.05) is 24.3 Å². The lowest BCUT2D eigenvalue weighted by Gasteiger charge is -2.31. The number of anilines is 1. The Bertz CT molecular complexity index is 972. The number of hydrogen-bond donors (Lipinski definition) is 4. The van der Waals surface area contributed by atoms with E-state index in [0.29, 0.717) is 36.2 Å². The van der Waals surface area contributed by atoms with E-state index in [2.05, 4.69) is 20.2 Å². The Morgan fingerprint density at radius 1 is 1.19 bits per heavy atom. The molecule has 11 heteroatoms. The number of nitrogens with one attached hydrogen (secondary N) is 2. The highest BCUT2D eigenvalue weighted by molar-refractivity contribution is 6.27. The monoisotopic (exact) mass is 446 g/mol. The largest absolute Gasteiger partial charge is 0.491 e. The average molecular weight is 446 g/mol. The van der Waals surface area contributed by atoms with E-state index >= 15 is 0 Å². The third-order valence-electron chi connectivity index (χ3n) is 4.72. The van der Waals surface area contributed by atoms with Crippen LogP contribution in [0.5, 0.6) is 5.75 Å². The summed E-state index contributed by atoms with van der Waals surface area (Å²) in [4.78, 5) is 50.3. The van der Waals surface area contributed by atoms with Gasteiger partial charge in [-0.25, -0.2) is 9.59 Å². The Kier molecular flexibility index (Phi) is 9.36. The van der Waals surface area contributed by atoms with Crippen molar-refractivity contribution in [2.24, 2.45) is 5.92 Å². The van der Waals surface area contributed by atoms with Gasteiger partial charge in [0, 0.05) is 25.9 Å². The number of hydrogen-bond acceptors (Lipinski definition) is 7. The van der Waals surface area contributed by atoms with Crippen molar-refractivity contribution in [1.82, 2.24) is 14.9 Å². The molecule has 0 atom stereocenters. The number of aromatic amines is 1. The van der Waals surface area contributed by atoms with Crippen molar-refractivity contribution in [3.63, 3.8) is 0 Å². The molecule has 1 aromatic carbocycles. The number of nitrogens with zero attached hydrogens (tertiary/aromatic N) is 2. The summed E-state index contributed by atoms with van der Waals surface area (Å²) >= 11 is 0. The smallest absolute Gasteiger partial charge is 0.414 e. The van der Waals surface area contributed by atoms with Crippen LogP contribution in [0, 0.1) is 5.92 Å². The molecule has 1 aliphatic rings. The number of carboxylic acid groups (broad SMARTS) is 2. The Labute approximate surface area is 184 Å². The number of aliphatic carboxylic acids is 2. The highest BCUT2D eigenvalue weighted by Crippen LogP contribution is 2.26. The second-order valence-corrected chi connectivity index (χ2v) is 7.18. The number of likely N-dealkylation sites (tertiary alicyclic amines) is 1. The van der Waals surface area contributed by atoms with Gasteiger partial charge < -0.3 is 25.3 Å². The third-order valence-corrected chi connectivity index (χ3v) is 4.72. The van der Waals surface area contributed by atoms with Crippen LogP contribution in [0.2, 0.25) is 0 Å². The van der Waals surface area contributed by atoms with Crippen LogP contribution in [0.25, 0.3) is 0 Å². The zero-order valence-electron chi connectivity index (χ0n) is 17.6. The summed E-state index contributed by atoms with van der Waals surface area (Å²) in [6.07, 6.45) is 5.18. The van der Waals surface area contributed by atoms with Crippen molar-refractivity contribution < 1.29 is 29.3 Å². The predicted octanol–water partition coefficient (Wildman–Crippen LogP) is 1.17. The molecular formula is C21H26N4O7. The highest BCUT2D eigenvalue weighted by atomic mass is 16.5. The van der Waals surface area contributed by atoms with E-state index in [1.165, 1.54) is 6.92 Å². The maximum atomic E-state index is 11.7. The van der Waals surface area contributed by atoms with Crippen LogP contribution in [-0.2, 0) is 20.9 Å². The normalized spacial score (nSPS) is 14.0. The average Bonchev–Trinajstić information content (AvgIpc) is 2.76. The lowest BCUT2D eigenvalue weighted by atomic mass is 9.97. The Morgan fingerprint density at radius 3 is 2.44 bits per heavy atom. The van der Waals surface area contributed by atoms with Crippen LogP contribution in [-0.4, -0.2) is 62.6 Å². The number of carbonyl (C=O) groups is 3. The van der Waals surface area contributed by atoms with Gasteiger partial charge in [-0.1, -0.05) is 12.1 Å². The van der Waals surface area contributed by atoms with Gasteiger partial charge in [-0.15, -0.1) is 0 Å². The molecule has 32 heavy (non-hydrogen) atoms. The van der Waals surface area contributed by atoms with E-state index in [-0.39, 0.29) is 11.5 Å². The molecule has 11 nitrogen and oxygen atoms in total. The quantitative estimate of drug-likeness (QED) is 0.477. The van der Waals surface area contributed by atoms with Gasteiger partial charge >= 0.3 is 11.9 Å². The first kappa shape index (κ1) is 24.5. The fourth-order valence-electron chi connectivity index (χ4n) is 3.11. The molecule has 2 aromatic rings. The molecular weight excluding hydrogens is 420 g/mol. The van der Waals surface area contributed by atoms with Crippen LogP contribution < -0.4 is 15.6 Å². The molecule has 1 aromatic heterocycles. The van der Waals surface area contributed by atoms with Gasteiger partial charge in [-0.3, -0.25) is 19.5 Å². The number of amides is 1. The summed E-state index contributed by atoms with van der Waals surface area (Å²) < 4.78 is 5.95. The highest BCUT2D eigenvalue weighted by Gasteiger charge is 2.21. The minimum Gasteiger partial charge on any atom is -0.491 e. The van der Waals surface area contributed by atoms with Gasteiger partial charge in [0.25, 0.3) is 5.56 Å². The van der Waals surface area contributed by atoms with Crippen molar-refractivity contribution >= 4 is 23.5 Å². The number of carboxylic acids is 2. The number of para-hydroxylation sites is 2. The molecule has 1 fully saturated rings. The molecule has 0 spiro atoms. The van der Waals surface area contributed by atoms with Crippen LogP contribution in [0.3, 0.4) is 0 Å². The van der Waals surface area contributed by atoms with Crippen LogP contribution >= 0.6 is 0 Å². The molecule has 1 aliphatic heterocycles. The second-order valence-electron chi connectivity index (χ2n) is 7.18. The first-order valence-electron chi connectivity index (χ1n) is 9.96. The van der Waals surface area contributed by atoms with Crippen molar-refractivity contribution in [2.45, 2.75) is 26.3 Å². The number of carbonyl (C=O) groups excluding carboxylic acids is 1. The molecule has 1 amide bonds. The van der Waals surface area contributed by atoms with Crippen molar-refractivity contribution in [3.05, 3.63) is 52.7 Å². The Morgan fingerprint density at radius 2 is 1.84 bits per heavy atom. The fourth-order valence-corrected chi connectivity index (χ4v) is 3.11. The number of H-pyrrole nitrogens is 1. The zero-order chi connectivity index (χ0) is 23.5. The topological polar surface area (TPSA) is 162 Å². The van der Waals surface area contributed by atoms with E-state index in [9.17, 15) is 9.59 Å². The van der Waals surface area contributed by atoms with E-state index in [1.54, 1.807) is 12.4 Å². The number of rotatable bonds is 6. The number of piperidine rings is 1. The molecule has 0 saturated carbocycles. The van der Waals surface area contributed by atoms with Crippen molar-refractivity contribution in [2.75, 3.05) is 25.0 Å². The minimum absolute atomic E-state index is 0.112. The summed E-state index contributed by atoms with van der Waals surface area (Å²) in [5.41, 5.74) is 1.14. The molecule has 4 N–H and O–H groups in total. The molecule has 0 aliphatic carbocycles. The SMILES string of the molecule is CC(=O)Nc1ccccc1OCC1CCN(Cc2ncc[nH]c2=O)CC1.O=C(O)C(=O)O. The molecule has 172 valence electrons. The summed E-state index contributed by atoms with van der Waals surface area (Å²) in [6.45, 7) is 4.51.